The van der Waals surface area contributed by atoms with E-state index in [9.17, 15) is 4.79 Å². The number of piperidine rings is 1. The maximum atomic E-state index is 12.1. The zero-order valence-electron chi connectivity index (χ0n) is 14.0. The molecule has 21 heavy (non-hydrogen) atoms. The second-order valence-corrected chi connectivity index (χ2v) is 7.19. The third kappa shape index (κ3) is 4.87. The van der Waals surface area contributed by atoms with Gasteiger partial charge in [0, 0.05) is 25.2 Å². The number of amides is 2. The van der Waals surface area contributed by atoms with Crippen molar-refractivity contribution in [1.82, 2.24) is 15.5 Å². The first-order chi connectivity index (χ1) is 10.1. The molecule has 2 aliphatic rings. The predicted molar refractivity (Wildman–Crippen MR) is 87.4 cm³/mol. The van der Waals surface area contributed by atoms with Gasteiger partial charge in [-0.2, -0.15) is 0 Å². The Bertz CT molecular complexity index is 324. The number of rotatable bonds is 4. The molecule has 4 heteroatoms. The van der Waals surface area contributed by atoms with Crippen molar-refractivity contribution in [2.24, 2.45) is 11.8 Å². The zero-order valence-corrected chi connectivity index (χ0v) is 14.0. The molecule has 4 nitrogen and oxygen atoms in total. The highest BCUT2D eigenvalue weighted by molar-refractivity contribution is 5.74. The van der Waals surface area contributed by atoms with E-state index in [1.54, 1.807) is 0 Å². The fraction of sp³-hybridized carbons (Fsp3) is 0.941. The Labute approximate surface area is 130 Å². The van der Waals surface area contributed by atoms with Gasteiger partial charge >= 0.3 is 6.03 Å². The zero-order chi connectivity index (χ0) is 15.2. The van der Waals surface area contributed by atoms with Gasteiger partial charge < -0.3 is 10.6 Å². The van der Waals surface area contributed by atoms with Crippen molar-refractivity contribution < 1.29 is 4.79 Å². The SMILES string of the molecule is C[C@@H]1CCC[C@@H](C)C1NC(=O)NCCN1CCCC[C@H]1C. The van der Waals surface area contributed by atoms with E-state index in [-0.39, 0.29) is 6.03 Å². The first kappa shape index (κ1) is 16.6. The van der Waals surface area contributed by atoms with Gasteiger partial charge in [-0.3, -0.25) is 4.90 Å². The number of carbonyl (C=O) groups is 1. The molecule has 122 valence electrons. The van der Waals surface area contributed by atoms with Crippen LogP contribution in [0.5, 0.6) is 0 Å². The van der Waals surface area contributed by atoms with E-state index in [4.69, 9.17) is 0 Å². The normalized spacial score (nSPS) is 31.9. The van der Waals surface area contributed by atoms with Crippen molar-refractivity contribution >= 4 is 6.03 Å². The fourth-order valence-electron chi connectivity index (χ4n) is 3.97. The number of hydrogen-bond donors (Lipinski definition) is 2. The molecule has 0 spiro atoms. The summed E-state index contributed by atoms with van der Waals surface area (Å²) in [6.45, 7) is 9.73. The smallest absolute Gasteiger partial charge is 0.315 e. The van der Waals surface area contributed by atoms with Crippen LogP contribution >= 0.6 is 0 Å². The van der Waals surface area contributed by atoms with Crippen LogP contribution in [0.1, 0.15) is 59.3 Å². The van der Waals surface area contributed by atoms with Gasteiger partial charge in [0.25, 0.3) is 0 Å². The van der Waals surface area contributed by atoms with Gasteiger partial charge in [0.15, 0.2) is 0 Å². The van der Waals surface area contributed by atoms with Gasteiger partial charge in [0.05, 0.1) is 0 Å². The summed E-state index contributed by atoms with van der Waals surface area (Å²) in [5.74, 6) is 1.20. The number of urea groups is 1. The third-order valence-electron chi connectivity index (χ3n) is 5.47. The van der Waals surface area contributed by atoms with Crippen LogP contribution in [-0.2, 0) is 0 Å². The molecule has 1 saturated heterocycles. The quantitative estimate of drug-likeness (QED) is 0.837. The summed E-state index contributed by atoms with van der Waals surface area (Å²) < 4.78 is 0. The second kappa shape index (κ2) is 8.02. The molecule has 0 unspecified atom stereocenters. The summed E-state index contributed by atoms with van der Waals surface area (Å²) in [4.78, 5) is 14.6. The lowest BCUT2D eigenvalue weighted by atomic mass is 9.79. The molecule has 2 fully saturated rings. The standard InChI is InChI=1S/C17H33N3O/c1-13-7-6-8-14(2)16(13)19-17(21)18-10-12-20-11-5-4-9-15(20)3/h13-16H,4-12H2,1-3H3,(H2,18,19,21)/t13-,14-,15-/m1/s1. The van der Waals surface area contributed by atoms with Crippen LogP contribution in [0.15, 0.2) is 0 Å². The maximum absolute atomic E-state index is 12.1. The van der Waals surface area contributed by atoms with E-state index >= 15 is 0 Å². The van der Waals surface area contributed by atoms with Gasteiger partial charge in [-0.05, 0) is 51.0 Å². The Morgan fingerprint density at radius 2 is 1.76 bits per heavy atom. The second-order valence-electron chi connectivity index (χ2n) is 7.19. The van der Waals surface area contributed by atoms with Crippen molar-refractivity contribution in [2.75, 3.05) is 19.6 Å². The van der Waals surface area contributed by atoms with E-state index < -0.39 is 0 Å². The van der Waals surface area contributed by atoms with Gasteiger partial charge in [0.1, 0.15) is 0 Å². The molecule has 2 amide bonds. The number of nitrogens with zero attached hydrogens (tertiary/aromatic N) is 1. The monoisotopic (exact) mass is 295 g/mol. The molecule has 0 bridgehead atoms. The number of hydrogen-bond acceptors (Lipinski definition) is 2. The molecule has 1 aliphatic carbocycles. The third-order valence-corrected chi connectivity index (χ3v) is 5.47. The molecule has 0 radical (unpaired) electrons. The van der Waals surface area contributed by atoms with Gasteiger partial charge in [0.2, 0.25) is 0 Å². The highest BCUT2D eigenvalue weighted by Gasteiger charge is 2.28. The molecule has 3 atom stereocenters. The van der Waals surface area contributed by atoms with Crippen molar-refractivity contribution in [3.63, 3.8) is 0 Å². The van der Waals surface area contributed by atoms with E-state index in [1.807, 2.05) is 0 Å². The molecular formula is C17H33N3O. The van der Waals surface area contributed by atoms with Crippen molar-refractivity contribution in [1.29, 1.82) is 0 Å². The molecule has 1 aliphatic heterocycles. The first-order valence-corrected chi connectivity index (χ1v) is 8.86. The van der Waals surface area contributed by atoms with Crippen LogP contribution in [0, 0.1) is 11.8 Å². The van der Waals surface area contributed by atoms with E-state index in [0.717, 1.165) is 13.1 Å². The average molecular weight is 295 g/mol. The molecular weight excluding hydrogens is 262 g/mol. The van der Waals surface area contributed by atoms with Gasteiger partial charge in [-0.15, -0.1) is 0 Å². The molecule has 0 aromatic carbocycles. The van der Waals surface area contributed by atoms with E-state index in [1.165, 1.54) is 45.1 Å². The summed E-state index contributed by atoms with van der Waals surface area (Å²) in [6.07, 6.45) is 7.72. The Hall–Kier alpha value is -0.770. The number of carbonyl (C=O) groups excluding carboxylic acids is 1. The highest BCUT2D eigenvalue weighted by atomic mass is 16.2. The minimum atomic E-state index is 0.0188. The van der Waals surface area contributed by atoms with Crippen molar-refractivity contribution in [3.05, 3.63) is 0 Å². The Morgan fingerprint density at radius 1 is 1.05 bits per heavy atom. The summed E-state index contributed by atoms with van der Waals surface area (Å²) in [5, 5.41) is 6.25. The lowest BCUT2D eigenvalue weighted by Crippen LogP contribution is -2.51. The summed E-state index contributed by atoms with van der Waals surface area (Å²) in [7, 11) is 0. The van der Waals surface area contributed by atoms with Crippen LogP contribution in [0.3, 0.4) is 0 Å². The largest absolute Gasteiger partial charge is 0.337 e. The Morgan fingerprint density at radius 3 is 2.43 bits per heavy atom. The predicted octanol–water partition coefficient (Wildman–Crippen LogP) is 2.98. The van der Waals surface area contributed by atoms with Crippen molar-refractivity contribution in [2.45, 2.75) is 71.4 Å². The van der Waals surface area contributed by atoms with Crippen LogP contribution in [0.2, 0.25) is 0 Å². The molecule has 2 N–H and O–H groups in total. The first-order valence-electron chi connectivity index (χ1n) is 8.86. The topological polar surface area (TPSA) is 44.4 Å². The molecule has 2 rings (SSSR count). The molecule has 1 heterocycles. The maximum Gasteiger partial charge on any atom is 0.315 e. The number of likely N-dealkylation sites (tertiary alicyclic amines) is 1. The molecule has 0 aromatic heterocycles. The number of nitrogens with one attached hydrogen (secondary N) is 2. The lowest BCUT2D eigenvalue weighted by molar-refractivity contribution is 0.159. The van der Waals surface area contributed by atoms with E-state index in [0.29, 0.717) is 23.9 Å². The molecule has 0 aromatic rings. The van der Waals surface area contributed by atoms with Crippen LogP contribution in [0.25, 0.3) is 0 Å². The summed E-state index contributed by atoms with van der Waals surface area (Å²) in [5.41, 5.74) is 0. The fourth-order valence-corrected chi connectivity index (χ4v) is 3.97. The molecule has 1 saturated carbocycles. The summed E-state index contributed by atoms with van der Waals surface area (Å²) in [6, 6.07) is 1.03. The van der Waals surface area contributed by atoms with E-state index in [2.05, 4.69) is 36.3 Å². The van der Waals surface area contributed by atoms with Crippen LogP contribution in [-0.4, -0.2) is 42.6 Å². The van der Waals surface area contributed by atoms with Gasteiger partial charge in [-0.25, -0.2) is 4.79 Å². The van der Waals surface area contributed by atoms with Crippen LogP contribution in [0.4, 0.5) is 4.79 Å². The summed E-state index contributed by atoms with van der Waals surface area (Å²) >= 11 is 0. The minimum Gasteiger partial charge on any atom is -0.337 e. The minimum absolute atomic E-state index is 0.0188. The Kier molecular flexibility index (Phi) is 6.34. The van der Waals surface area contributed by atoms with Gasteiger partial charge in [-0.1, -0.05) is 26.7 Å². The van der Waals surface area contributed by atoms with Crippen molar-refractivity contribution in [3.8, 4) is 0 Å². The van der Waals surface area contributed by atoms with Crippen LogP contribution < -0.4 is 10.6 Å². The highest BCUT2D eigenvalue weighted by Crippen LogP contribution is 2.28. The average Bonchev–Trinajstić information content (AvgIpc) is 2.45. The Balaban J connectivity index is 1.67. The lowest BCUT2D eigenvalue weighted by Gasteiger charge is -2.35.